The first-order valence-corrected chi connectivity index (χ1v) is 8.37. The summed E-state index contributed by atoms with van der Waals surface area (Å²) in [7, 11) is 0. The van der Waals surface area contributed by atoms with Crippen LogP contribution in [0.25, 0.3) is 0 Å². The maximum Gasteiger partial charge on any atom is 0.225 e. The molecule has 5 nitrogen and oxygen atoms in total. The molecule has 0 unspecified atom stereocenters. The van der Waals surface area contributed by atoms with Crippen LogP contribution in [0.3, 0.4) is 0 Å². The maximum atomic E-state index is 12.1. The normalized spacial score (nSPS) is 16.0. The highest BCUT2D eigenvalue weighted by Gasteiger charge is 2.17. The number of hydrogen-bond donors (Lipinski definition) is 1. The Bertz CT molecular complexity index is 577. The molecule has 1 heterocycles. The standard InChI is InChI=1S/C17H24ClN3O2/c1-13-4-5-15(12-16(13)18)19-17(23)6-9-20-7-3-8-21(11-10-20)14(2)22/h4-5,12H,3,6-11H2,1-2H3,(H,19,23). The molecule has 1 fully saturated rings. The van der Waals surface area contributed by atoms with Gasteiger partial charge in [-0.05, 0) is 37.6 Å². The van der Waals surface area contributed by atoms with Crippen molar-refractivity contribution in [2.75, 3.05) is 38.0 Å². The van der Waals surface area contributed by atoms with Crippen molar-refractivity contribution < 1.29 is 9.59 Å². The molecule has 126 valence electrons. The van der Waals surface area contributed by atoms with Crippen LogP contribution in [0.15, 0.2) is 18.2 Å². The lowest BCUT2D eigenvalue weighted by atomic mass is 10.2. The Morgan fingerprint density at radius 2 is 2.00 bits per heavy atom. The molecule has 1 aromatic rings. The second-order valence-corrected chi connectivity index (χ2v) is 6.37. The first-order chi connectivity index (χ1) is 11.0. The zero-order valence-electron chi connectivity index (χ0n) is 13.8. The summed E-state index contributed by atoms with van der Waals surface area (Å²) >= 11 is 6.06. The summed E-state index contributed by atoms with van der Waals surface area (Å²) in [5.74, 6) is 0.110. The topological polar surface area (TPSA) is 52.7 Å². The lowest BCUT2D eigenvalue weighted by Crippen LogP contribution is -2.34. The number of benzene rings is 1. The van der Waals surface area contributed by atoms with E-state index in [1.807, 2.05) is 24.0 Å². The van der Waals surface area contributed by atoms with Crippen molar-refractivity contribution in [2.24, 2.45) is 0 Å². The monoisotopic (exact) mass is 337 g/mol. The van der Waals surface area contributed by atoms with Gasteiger partial charge in [0.25, 0.3) is 0 Å². The molecule has 1 aliphatic heterocycles. The molecule has 6 heteroatoms. The molecule has 1 saturated heterocycles. The van der Waals surface area contributed by atoms with E-state index in [0.29, 0.717) is 18.0 Å². The largest absolute Gasteiger partial charge is 0.342 e. The minimum absolute atomic E-state index is 0.0161. The Labute approximate surface area is 142 Å². The molecule has 0 bridgehead atoms. The van der Waals surface area contributed by atoms with Crippen LogP contribution in [0.2, 0.25) is 5.02 Å². The van der Waals surface area contributed by atoms with Crippen molar-refractivity contribution in [3.63, 3.8) is 0 Å². The van der Waals surface area contributed by atoms with Gasteiger partial charge >= 0.3 is 0 Å². The van der Waals surface area contributed by atoms with E-state index in [1.54, 1.807) is 13.0 Å². The summed E-state index contributed by atoms with van der Waals surface area (Å²) in [4.78, 5) is 27.6. The van der Waals surface area contributed by atoms with Crippen LogP contribution < -0.4 is 5.32 Å². The Hall–Kier alpha value is -1.59. The SMILES string of the molecule is CC(=O)N1CCCN(CCC(=O)Nc2ccc(C)c(Cl)c2)CC1. The van der Waals surface area contributed by atoms with E-state index in [9.17, 15) is 9.59 Å². The fourth-order valence-corrected chi connectivity index (χ4v) is 2.84. The average Bonchev–Trinajstić information content (AvgIpc) is 2.74. The van der Waals surface area contributed by atoms with Gasteiger partial charge in [-0.25, -0.2) is 0 Å². The third kappa shape index (κ3) is 5.52. The molecule has 0 aromatic heterocycles. The van der Waals surface area contributed by atoms with Crippen molar-refractivity contribution in [1.29, 1.82) is 0 Å². The number of nitrogens with zero attached hydrogens (tertiary/aromatic N) is 2. The van der Waals surface area contributed by atoms with E-state index in [-0.39, 0.29) is 11.8 Å². The van der Waals surface area contributed by atoms with Gasteiger partial charge in [0.15, 0.2) is 0 Å². The van der Waals surface area contributed by atoms with Crippen LogP contribution >= 0.6 is 11.6 Å². The van der Waals surface area contributed by atoms with E-state index < -0.39 is 0 Å². The molecule has 0 aliphatic carbocycles. The zero-order valence-corrected chi connectivity index (χ0v) is 14.5. The number of amides is 2. The van der Waals surface area contributed by atoms with Gasteiger partial charge in [0.1, 0.15) is 0 Å². The number of nitrogens with one attached hydrogen (secondary N) is 1. The average molecular weight is 338 g/mol. The molecular weight excluding hydrogens is 314 g/mol. The highest BCUT2D eigenvalue weighted by atomic mass is 35.5. The summed E-state index contributed by atoms with van der Waals surface area (Å²) in [5, 5.41) is 3.53. The predicted octanol–water partition coefficient (Wildman–Crippen LogP) is 2.53. The van der Waals surface area contributed by atoms with Gasteiger partial charge in [0.2, 0.25) is 11.8 Å². The summed E-state index contributed by atoms with van der Waals surface area (Å²) < 4.78 is 0. The molecular formula is C17H24ClN3O2. The van der Waals surface area contributed by atoms with Crippen LogP contribution in [0.5, 0.6) is 0 Å². The minimum atomic E-state index is -0.0161. The second-order valence-electron chi connectivity index (χ2n) is 5.96. The third-order valence-electron chi connectivity index (χ3n) is 4.14. The Morgan fingerprint density at radius 3 is 2.70 bits per heavy atom. The van der Waals surface area contributed by atoms with Crippen molar-refractivity contribution in [3.05, 3.63) is 28.8 Å². The fraction of sp³-hybridized carbons (Fsp3) is 0.529. The zero-order chi connectivity index (χ0) is 16.8. The number of rotatable bonds is 4. The van der Waals surface area contributed by atoms with Crippen molar-refractivity contribution in [2.45, 2.75) is 26.7 Å². The Balaban J connectivity index is 1.77. The maximum absolute atomic E-state index is 12.1. The quantitative estimate of drug-likeness (QED) is 0.918. The molecule has 1 aromatic carbocycles. The highest BCUT2D eigenvalue weighted by Crippen LogP contribution is 2.20. The molecule has 2 amide bonds. The number of hydrogen-bond acceptors (Lipinski definition) is 3. The fourth-order valence-electron chi connectivity index (χ4n) is 2.66. The smallest absolute Gasteiger partial charge is 0.225 e. The molecule has 0 saturated carbocycles. The van der Waals surface area contributed by atoms with Gasteiger partial charge in [-0.3, -0.25) is 9.59 Å². The summed E-state index contributed by atoms with van der Waals surface area (Å²) in [6, 6.07) is 5.52. The van der Waals surface area contributed by atoms with Crippen LogP contribution in [0, 0.1) is 6.92 Å². The van der Waals surface area contributed by atoms with E-state index >= 15 is 0 Å². The molecule has 1 N–H and O–H groups in total. The van der Waals surface area contributed by atoms with Crippen LogP contribution in [-0.4, -0.2) is 54.3 Å². The van der Waals surface area contributed by atoms with Crippen molar-refractivity contribution >= 4 is 29.1 Å². The Morgan fingerprint density at radius 1 is 1.22 bits per heavy atom. The summed E-state index contributed by atoms with van der Waals surface area (Å²) in [6.45, 7) is 7.53. The highest BCUT2D eigenvalue weighted by molar-refractivity contribution is 6.31. The predicted molar refractivity (Wildman–Crippen MR) is 92.7 cm³/mol. The van der Waals surface area contributed by atoms with Crippen molar-refractivity contribution in [3.8, 4) is 0 Å². The first kappa shape index (κ1) is 17.8. The number of anilines is 1. The van der Waals surface area contributed by atoms with E-state index in [2.05, 4.69) is 10.2 Å². The van der Waals surface area contributed by atoms with Gasteiger partial charge in [0.05, 0.1) is 0 Å². The number of halogens is 1. The van der Waals surface area contributed by atoms with Crippen LogP contribution in [0.4, 0.5) is 5.69 Å². The lowest BCUT2D eigenvalue weighted by molar-refractivity contribution is -0.128. The molecule has 2 rings (SSSR count). The summed E-state index contributed by atoms with van der Waals surface area (Å²) in [6.07, 6.45) is 1.39. The van der Waals surface area contributed by atoms with E-state index in [0.717, 1.165) is 43.9 Å². The van der Waals surface area contributed by atoms with E-state index in [1.165, 1.54) is 0 Å². The van der Waals surface area contributed by atoms with Crippen molar-refractivity contribution in [1.82, 2.24) is 9.80 Å². The lowest BCUT2D eigenvalue weighted by Gasteiger charge is -2.20. The Kier molecular flexibility index (Phi) is 6.42. The number of aryl methyl sites for hydroxylation is 1. The third-order valence-corrected chi connectivity index (χ3v) is 4.55. The minimum Gasteiger partial charge on any atom is -0.342 e. The summed E-state index contributed by atoms with van der Waals surface area (Å²) in [5.41, 5.74) is 1.72. The van der Waals surface area contributed by atoms with Gasteiger partial charge in [-0.15, -0.1) is 0 Å². The molecule has 23 heavy (non-hydrogen) atoms. The molecule has 1 aliphatic rings. The first-order valence-electron chi connectivity index (χ1n) is 7.99. The molecule has 0 radical (unpaired) electrons. The van der Waals surface area contributed by atoms with Gasteiger partial charge in [0, 0.05) is 50.2 Å². The number of carbonyl (C=O) groups is 2. The molecule has 0 spiro atoms. The van der Waals surface area contributed by atoms with Gasteiger partial charge in [-0.2, -0.15) is 0 Å². The number of carbonyl (C=O) groups excluding carboxylic acids is 2. The van der Waals surface area contributed by atoms with Crippen LogP contribution in [-0.2, 0) is 9.59 Å². The van der Waals surface area contributed by atoms with Gasteiger partial charge in [-0.1, -0.05) is 17.7 Å². The van der Waals surface area contributed by atoms with Gasteiger partial charge < -0.3 is 15.1 Å². The second kappa shape index (κ2) is 8.31. The van der Waals surface area contributed by atoms with Crippen LogP contribution in [0.1, 0.15) is 25.3 Å². The van der Waals surface area contributed by atoms with E-state index in [4.69, 9.17) is 11.6 Å². The molecule has 0 atom stereocenters.